The molecule has 70 valence electrons. The topological polar surface area (TPSA) is 73.8 Å². The second kappa shape index (κ2) is 2.62. The third kappa shape index (κ3) is 1.30. The van der Waals surface area contributed by atoms with Gasteiger partial charge in [-0.25, -0.2) is 4.68 Å². The number of nitrogens with two attached hydrogens (primary N) is 1. The van der Waals surface area contributed by atoms with Crippen molar-refractivity contribution < 1.29 is 4.79 Å². The van der Waals surface area contributed by atoms with Gasteiger partial charge in [-0.05, 0) is 28.8 Å². The highest BCUT2D eigenvalue weighted by atomic mass is 79.9. The number of hydrogen-bond acceptors (Lipinski definition) is 4. The molecular weight excluding hydrogens is 236 g/mol. The summed E-state index contributed by atoms with van der Waals surface area (Å²) in [4.78, 5) is 11.8. The van der Waals surface area contributed by atoms with Crippen LogP contribution in [0.5, 0.6) is 0 Å². The molecular formula is C7H9BrN4O. The smallest absolute Gasteiger partial charge is 0.203 e. The summed E-state index contributed by atoms with van der Waals surface area (Å²) in [6.45, 7) is 0. The van der Waals surface area contributed by atoms with Crippen LogP contribution >= 0.6 is 15.9 Å². The normalized spacial score (nSPS) is 18.7. The van der Waals surface area contributed by atoms with E-state index in [1.807, 2.05) is 0 Å². The van der Waals surface area contributed by atoms with Crippen molar-refractivity contribution in [3.63, 3.8) is 0 Å². The summed E-state index contributed by atoms with van der Waals surface area (Å²) < 4.78 is 1.91. The molecule has 2 rings (SSSR count). The summed E-state index contributed by atoms with van der Waals surface area (Å²) >= 11 is 3.17. The molecule has 13 heavy (non-hydrogen) atoms. The molecule has 1 fully saturated rings. The van der Waals surface area contributed by atoms with E-state index in [0.29, 0.717) is 10.3 Å². The fourth-order valence-corrected chi connectivity index (χ4v) is 1.68. The Labute approximate surface area is 83.4 Å². The van der Waals surface area contributed by atoms with E-state index in [4.69, 9.17) is 5.73 Å². The van der Waals surface area contributed by atoms with Gasteiger partial charge in [0.15, 0.2) is 4.60 Å². The molecule has 0 saturated heterocycles. The van der Waals surface area contributed by atoms with Crippen molar-refractivity contribution in [1.29, 1.82) is 0 Å². The Kier molecular flexibility index (Phi) is 1.78. The van der Waals surface area contributed by atoms with Crippen molar-refractivity contribution in [1.82, 2.24) is 15.0 Å². The Morgan fingerprint density at radius 3 is 2.69 bits per heavy atom. The van der Waals surface area contributed by atoms with Gasteiger partial charge in [0, 0.05) is 7.05 Å². The van der Waals surface area contributed by atoms with Crippen LogP contribution in [-0.4, -0.2) is 26.3 Å². The highest BCUT2D eigenvalue weighted by molar-refractivity contribution is 9.10. The summed E-state index contributed by atoms with van der Waals surface area (Å²) in [7, 11) is 1.68. The number of halogens is 1. The number of rotatable bonds is 2. The molecule has 0 bridgehead atoms. The second-order valence-corrected chi connectivity index (χ2v) is 4.09. The van der Waals surface area contributed by atoms with E-state index < -0.39 is 5.54 Å². The predicted molar refractivity (Wildman–Crippen MR) is 49.2 cm³/mol. The van der Waals surface area contributed by atoms with Crippen molar-refractivity contribution in [2.45, 2.75) is 18.4 Å². The average Bonchev–Trinajstić information content (AvgIpc) is 2.73. The van der Waals surface area contributed by atoms with Gasteiger partial charge in [-0.15, -0.1) is 5.10 Å². The lowest BCUT2D eigenvalue weighted by atomic mass is 10.1. The summed E-state index contributed by atoms with van der Waals surface area (Å²) in [5.41, 5.74) is 5.58. The van der Waals surface area contributed by atoms with Crippen molar-refractivity contribution in [3.05, 3.63) is 10.3 Å². The van der Waals surface area contributed by atoms with Crippen molar-refractivity contribution in [2.24, 2.45) is 12.8 Å². The molecule has 1 saturated carbocycles. The number of hydrogen-bond donors (Lipinski definition) is 1. The Morgan fingerprint density at radius 2 is 2.31 bits per heavy atom. The van der Waals surface area contributed by atoms with E-state index in [1.165, 1.54) is 4.68 Å². The van der Waals surface area contributed by atoms with Gasteiger partial charge in [-0.3, -0.25) is 4.79 Å². The zero-order chi connectivity index (χ0) is 9.64. The van der Waals surface area contributed by atoms with Gasteiger partial charge in [-0.1, -0.05) is 5.21 Å². The van der Waals surface area contributed by atoms with E-state index in [2.05, 4.69) is 26.2 Å². The monoisotopic (exact) mass is 244 g/mol. The maximum Gasteiger partial charge on any atom is 0.203 e. The Hall–Kier alpha value is -0.750. The molecule has 0 aromatic carbocycles. The summed E-state index contributed by atoms with van der Waals surface area (Å²) in [5, 5.41) is 7.45. The first-order chi connectivity index (χ1) is 6.04. The molecule has 0 unspecified atom stereocenters. The van der Waals surface area contributed by atoms with Crippen LogP contribution in [0, 0.1) is 0 Å². The number of ketones is 1. The van der Waals surface area contributed by atoms with Gasteiger partial charge < -0.3 is 5.73 Å². The molecule has 1 aliphatic rings. The van der Waals surface area contributed by atoms with Crippen molar-refractivity contribution in [3.8, 4) is 0 Å². The second-order valence-electron chi connectivity index (χ2n) is 3.34. The number of carbonyl (C=O) groups is 1. The quantitative estimate of drug-likeness (QED) is 0.758. The zero-order valence-corrected chi connectivity index (χ0v) is 8.71. The first kappa shape index (κ1) is 8.83. The van der Waals surface area contributed by atoms with E-state index in [1.54, 1.807) is 7.05 Å². The fraction of sp³-hybridized carbons (Fsp3) is 0.571. The van der Waals surface area contributed by atoms with Crippen LogP contribution < -0.4 is 5.73 Å². The van der Waals surface area contributed by atoms with Crippen LogP contribution in [0.3, 0.4) is 0 Å². The van der Waals surface area contributed by atoms with E-state index in [0.717, 1.165) is 12.8 Å². The van der Waals surface area contributed by atoms with Gasteiger partial charge in [0.25, 0.3) is 0 Å². The Balaban J connectivity index is 2.40. The maximum absolute atomic E-state index is 11.8. The summed E-state index contributed by atoms with van der Waals surface area (Å²) in [6.07, 6.45) is 1.51. The minimum Gasteiger partial charge on any atom is -0.319 e. The molecule has 1 aromatic heterocycles. The number of aromatic nitrogens is 3. The molecule has 5 nitrogen and oxygen atoms in total. The minimum absolute atomic E-state index is 0.0770. The largest absolute Gasteiger partial charge is 0.319 e. The van der Waals surface area contributed by atoms with Crippen LogP contribution in [0.1, 0.15) is 23.3 Å². The third-order valence-electron chi connectivity index (χ3n) is 2.24. The van der Waals surface area contributed by atoms with Crippen molar-refractivity contribution >= 4 is 21.7 Å². The molecule has 0 spiro atoms. The number of aryl methyl sites for hydroxylation is 1. The first-order valence-electron chi connectivity index (χ1n) is 3.93. The van der Waals surface area contributed by atoms with Crippen molar-refractivity contribution in [2.75, 3.05) is 0 Å². The summed E-state index contributed by atoms with van der Waals surface area (Å²) in [6, 6.07) is 0. The fourth-order valence-electron chi connectivity index (χ4n) is 1.17. The third-order valence-corrected chi connectivity index (χ3v) is 2.78. The standard InChI is InChI=1S/C7H9BrN4O/c1-12-4(6(8)10-11-12)5(13)7(9)2-3-7/h2-3,9H2,1H3. The minimum atomic E-state index is -0.655. The maximum atomic E-state index is 11.8. The van der Waals surface area contributed by atoms with E-state index >= 15 is 0 Å². The lowest BCUT2D eigenvalue weighted by Crippen LogP contribution is -2.34. The number of carbonyl (C=O) groups excluding carboxylic acids is 1. The predicted octanol–water partition coefficient (Wildman–Crippen LogP) is 0.252. The molecule has 1 aliphatic carbocycles. The van der Waals surface area contributed by atoms with Gasteiger partial charge >= 0.3 is 0 Å². The first-order valence-corrected chi connectivity index (χ1v) is 4.73. The number of nitrogens with zero attached hydrogens (tertiary/aromatic N) is 3. The Bertz CT molecular complexity index is 349. The lowest BCUT2D eigenvalue weighted by Gasteiger charge is -2.06. The van der Waals surface area contributed by atoms with E-state index in [9.17, 15) is 4.79 Å². The highest BCUT2D eigenvalue weighted by Crippen LogP contribution is 2.36. The molecule has 1 heterocycles. The van der Waals surface area contributed by atoms with E-state index in [-0.39, 0.29) is 5.78 Å². The molecule has 0 radical (unpaired) electrons. The van der Waals surface area contributed by atoms with Gasteiger partial charge in [0.2, 0.25) is 5.78 Å². The lowest BCUT2D eigenvalue weighted by molar-refractivity contribution is 0.0939. The highest BCUT2D eigenvalue weighted by Gasteiger charge is 2.48. The molecule has 0 atom stereocenters. The van der Waals surface area contributed by atoms with Gasteiger partial charge in [0.05, 0.1) is 5.54 Å². The van der Waals surface area contributed by atoms with Crippen LogP contribution in [0.15, 0.2) is 4.60 Å². The summed E-state index contributed by atoms with van der Waals surface area (Å²) in [5.74, 6) is -0.0770. The SMILES string of the molecule is Cn1nnc(Br)c1C(=O)C1(N)CC1. The molecule has 0 aliphatic heterocycles. The molecule has 0 amide bonds. The van der Waals surface area contributed by atoms with Crippen LogP contribution in [0.4, 0.5) is 0 Å². The average molecular weight is 245 g/mol. The number of Topliss-reactive ketones (excluding diaryl/α,β-unsaturated/α-hetero) is 1. The van der Waals surface area contributed by atoms with Gasteiger partial charge in [0.1, 0.15) is 5.69 Å². The zero-order valence-electron chi connectivity index (χ0n) is 7.12. The van der Waals surface area contributed by atoms with Gasteiger partial charge in [-0.2, -0.15) is 0 Å². The van der Waals surface area contributed by atoms with Crippen LogP contribution in [0.2, 0.25) is 0 Å². The molecule has 2 N–H and O–H groups in total. The molecule has 1 aromatic rings. The van der Waals surface area contributed by atoms with Crippen LogP contribution in [-0.2, 0) is 7.05 Å². The molecule has 6 heteroatoms. The Morgan fingerprint density at radius 1 is 1.69 bits per heavy atom. The van der Waals surface area contributed by atoms with Crippen LogP contribution in [0.25, 0.3) is 0 Å².